The second-order valence-corrected chi connectivity index (χ2v) is 7.48. The van der Waals surface area contributed by atoms with E-state index in [-0.39, 0.29) is 5.91 Å². The van der Waals surface area contributed by atoms with Gasteiger partial charge in [-0.1, -0.05) is 23.5 Å². The zero-order valence-corrected chi connectivity index (χ0v) is 14.1. The third kappa shape index (κ3) is 4.29. The highest BCUT2D eigenvalue weighted by atomic mass is 79.9. The molecule has 18 heavy (non-hydrogen) atoms. The van der Waals surface area contributed by atoms with Crippen molar-refractivity contribution < 1.29 is 4.79 Å². The normalized spacial score (nSPS) is 14.4. The summed E-state index contributed by atoms with van der Waals surface area (Å²) in [4.78, 5) is 16.0. The van der Waals surface area contributed by atoms with E-state index >= 15 is 0 Å². The number of halogens is 2. The molecule has 1 aromatic rings. The lowest BCUT2D eigenvalue weighted by Crippen LogP contribution is -2.14. The molecule has 0 aliphatic carbocycles. The molecule has 0 radical (unpaired) electrons. The third-order valence-electron chi connectivity index (χ3n) is 2.09. The Hall–Kier alpha value is 0.0200. The molecule has 0 unspecified atom stereocenters. The number of carbonyl (C=O) groups excluding carboxylic acids is 1. The number of carbonyl (C=O) groups is 1. The highest BCUT2D eigenvalue weighted by Crippen LogP contribution is 2.26. The quantitative estimate of drug-likeness (QED) is 0.820. The van der Waals surface area contributed by atoms with Crippen LogP contribution in [-0.2, 0) is 4.79 Å². The SMILES string of the molecule is O=C(CSC1=NCCS1)Nc1ccc(Br)c(Br)c1. The number of nitrogens with zero attached hydrogens (tertiary/aromatic N) is 1. The summed E-state index contributed by atoms with van der Waals surface area (Å²) in [5.41, 5.74) is 0.789. The van der Waals surface area contributed by atoms with Crippen molar-refractivity contribution in [1.82, 2.24) is 0 Å². The maximum atomic E-state index is 11.7. The Bertz CT molecular complexity index is 494. The molecule has 3 nitrogen and oxygen atoms in total. The minimum absolute atomic E-state index is 0.00979. The van der Waals surface area contributed by atoms with Crippen molar-refractivity contribution in [1.29, 1.82) is 0 Å². The molecule has 7 heteroatoms. The summed E-state index contributed by atoms with van der Waals surface area (Å²) in [6.45, 7) is 0.869. The van der Waals surface area contributed by atoms with E-state index in [4.69, 9.17) is 0 Å². The van der Waals surface area contributed by atoms with Crippen LogP contribution in [0.5, 0.6) is 0 Å². The Kier molecular flexibility index (Phi) is 5.59. The van der Waals surface area contributed by atoms with Gasteiger partial charge in [-0.15, -0.1) is 0 Å². The number of hydrogen-bond donors (Lipinski definition) is 1. The van der Waals surface area contributed by atoms with Crippen molar-refractivity contribution in [2.24, 2.45) is 4.99 Å². The first-order valence-corrected chi connectivity index (χ1v) is 8.76. The standard InChI is InChI=1S/C11H10Br2N2OS2/c12-8-2-1-7(5-9(8)13)15-10(16)6-18-11-14-3-4-17-11/h1-2,5H,3-4,6H2,(H,15,16). The number of aliphatic imine (C=N–C) groups is 1. The molecule has 0 saturated heterocycles. The molecule has 0 spiro atoms. The second-order valence-electron chi connectivity index (χ2n) is 3.46. The fourth-order valence-electron chi connectivity index (χ4n) is 1.30. The summed E-state index contributed by atoms with van der Waals surface area (Å²) < 4.78 is 2.90. The smallest absolute Gasteiger partial charge is 0.234 e. The summed E-state index contributed by atoms with van der Waals surface area (Å²) >= 11 is 10.0. The van der Waals surface area contributed by atoms with Gasteiger partial charge in [0.2, 0.25) is 5.91 Å². The molecule has 0 fully saturated rings. The molecule has 0 aromatic heterocycles. The number of anilines is 1. The van der Waals surface area contributed by atoms with Gasteiger partial charge < -0.3 is 5.32 Å². The van der Waals surface area contributed by atoms with Gasteiger partial charge >= 0.3 is 0 Å². The molecule has 1 heterocycles. The predicted octanol–water partition coefficient (Wildman–Crippen LogP) is 3.99. The third-order valence-corrected chi connectivity index (χ3v) is 6.22. The first kappa shape index (κ1) is 14.4. The monoisotopic (exact) mass is 408 g/mol. The number of benzene rings is 1. The van der Waals surface area contributed by atoms with E-state index in [2.05, 4.69) is 42.2 Å². The lowest BCUT2D eigenvalue weighted by Gasteiger charge is -2.06. The highest BCUT2D eigenvalue weighted by Gasteiger charge is 2.10. The summed E-state index contributed by atoms with van der Waals surface area (Å²) in [6.07, 6.45) is 0. The largest absolute Gasteiger partial charge is 0.325 e. The van der Waals surface area contributed by atoms with Crippen LogP contribution in [0, 0.1) is 0 Å². The van der Waals surface area contributed by atoms with E-state index in [9.17, 15) is 4.79 Å². The van der Waals surface area contributed by atoms with Gasteiger partial charge in [0, 0.05) is 20.4 Å². The van der Waals surface area contributed by atoms with Crippen molar-refractivity contribution in [3.8, 4) is 0 Å². The Morgan fingerprint density at radius 2 is 2.28 bits per heavy atom. The van der Waals surface area contributed by atoms with Crippen LogP contribution in [0.15, 0.2) is 32.1 Å². The van der Waals surface area contributed by atoms with Gasteiger partial charge in [0.1, 0.15) is 4.38 Å². The maximum Gasteiger partial charge on any atom is 0.234 e. The number of amides is 1. The van der Waals surface area contributed by atoms with Crippen molar-refractivity contribution in [3.05, 3.63) is 27.1 Å². The van der Waals surface area contributed by atoms with Gasteiger partial charge in [-0.25, -0.2) is 0 Å². The van der Waals surface area contributed by atoms with Gasteiger partial charge in [-0.2, -0.15) is 0 Å². The summed E-state index contributed by atoms with van der Waals surface area (Å²) in [5.74, 6) is 1.42. The summed E-state index contributed by atoms with van der Waals surface area (Å²) in [6, 6.07) is 5.62. The highest BCUT2D eigenvalue weighted by molar-refractivity contribution is 9.13. The van der Waals surface area contributed by atoms with E-state index in [1.807, 2.05) is 18.2 Å². The van der Waals surface area contributed by atoms with Gasteiger partial charge in [0.25, 0.3) is 0 Å². The Morgan fingerprint density at radius 1 is 1.44 bits per heavy atom. The van der Waals surface area contributed by atoms with Gasteiger partial charge in [-0.05, 0) is 50.1 Å². The molecule has 0 saturated carbocycles. The van der Waals surface area contributed by atoms with Crippen molar-refractivity contribution >= 4 is 71.4 Å². The number of nitrogens with one attached hydrogen (secondary N) is 1. The van der Waals surface area contributed by atoms with Gasteiger partial charge in [0.15, 0.2) is 0 Å². The first-order valence-electron chi connectivity index (χ1n) is 5.20. The Labute approximate surface area is 131 Å². The molecule has 1 aliphatic heterocycles. The molecule has 1 aliphatic rings. The lowest BCUT2D eigenvalue weighted by molar-refractivity contribution is -0.113. The molecule has 1 amide bonds. The molecular formula is C11H10Br2N2OS2. The van der Waals surface area contributed by atoms with Crippen LogP contribution in [0.1, 0.15) is 0 Å². The average molecular weight is 410 g/mol. The number of hydrogen-bond acceptors (Lipinski definition) is 4. The first-order chi connectivity index (χ1) is 8.65. The summed E-state index contributed by atoms with van der Waals surface area (Å²) in [7, 11) is 0. The Balaban J connectivity index is 1.84. The molecular weight excluding hydrogens is 400 g/mol. The molecule has 0 atom stereocenters. The second kappa shape index (κ2) is 6.98. The van der Waals surface area contributed by atoms with Crippen molar-refractivity contribution in [2.75, 3.05) is 23.4 Å². The Morgan fingerprint density at radius 3 is 2.94 bits per heavy atom. The average Bonchev–Trinajstić information content (AvgIpc) is 2.84. The van der Waals surface area contributed by atoms with Crippen LogP contribution >= 0.6 is 55.4 Å². The van der Waals surface area contributed by atoms with E-state index in [1.165, 1.54) is 11.8 Å². The molecule has 1 aromatic carbocycles. The molecule has 1 N–H and O–H groups in total. The topological polar surface area (TPSA) is 41.5 Å². The fraction of sp³-hybridized carbons (Fsp3) is 0.273. The zero-order chi connectivity index (χ0) is 13.0. The zero-order valence-electron chi connectivity index (χ0n) is 9.28. The van der Waals surface area contributed by atoms with Crippen LogP contribution < -0.4 is 5.32 Å². The van der Waals surface area contributed by atoms with E-state index in [1.54, 1.807) is 11.8 Å². The van der Waals surface area contributed by atoms with Crippen LogP contribution in [0.2, 0.25) is 0 Å². The minimum Gasteiger partial charge on any atom is -0.325 e. The van der Waals surface area contributed by atoms with Gasteiger partial charge in [-0.3, -0.25) is 9.79 Å². The maximum absolute atomic E-state index is 11.7. The van der Waals surface area contributed by atoms with Crippen LogP contribution in [0.25, 0.3) is 0 Å². The van der Waals surface area contributed by atoms with Crippen molar-refractivity contribution in [2.45, 2.75) is 0 Å². The molecule has 0 bridgehead atoms. The van der Waals surface area contributed by atoms with E-state index in [0.29, 0.717) is 5.75 Å². The summed E-state index contributed by atoms with van der Waals surface area (Å²) in [5, 5.41) is 2.86. The molecule has 96 valence electrons. The van der Waals surface area contributed by atoms with Crippen LogP contribution in [0.4, 0.5) is 5.69 Å². The lowest BCUT2D eigenvalue weighted by atomic mass is 10.3. The van der Waals surface area contributed by atoms with Crippen LogP contribution in [0.3, 0.4) is 0 Å². The van der Waals surface area contributed by atoms with Crippen molar-refractivity contribution in [3.63, 3.8) is 0 Å². The number of rotatable bonds is 3. The number of thioether (sulfide) groups is 2. The fourth-order valence-corrected chi connectivity index (χ4v) is 3.74. The van der Waals surface area contributed by atoms with E-state index in [0.717, 1.165) is 31.3 Å². The minimum atomic E-state index is -0.00979. The molecule has 2 rings (SSSR count). The van der Waals surface area contributed by atoms with Gasteiger partial charge in [0.05, 0.1) is 12.3 Å². The van der Waals surface area contributed by atoms with E-state index < -0.39 is 0 Å². The van der Waals surface area contributed by atoms with Crippen LogP contribution in [-0.4, -0.2) is 28.3 Å². The predicted molar refractivity (Wildman–Crippen MR) is 87.7 cm³/mol.